The minimum Gasteiger partial charge on any atom is -0.392 e. The van der Waals surface area contributed by atoms with Crippen molar-refractivity contribution in [2.24, 2.45) is 5.92 Å². The number of hydrogen-bond donors (Lipinski definition) is 1. The van der Waals surface area contributed by atoms with Crippen LogP contribution in [0.3, 0.4) is 0 Å². The molecule has 84 valence electrons. The highest BCUT2D eigenvalue weighted by atomic mass is 16.3. The summed E-state index contributed by atoms with van der Waals surface area (Å²) in [5, 5.41) is 9.38. The van der Waals surface area contributed by atoms with E-state index in [9.17, 15) is 5.11 Å². The Balaban J connectivity index is 2.54. The summed E-state index contributed by atoms with van der Waals surface area (Å²) < 4.78 is 0. The molecular formula is C15H18O. The summed E-state index contributed by atoms with van der Waals surface area (Å²) in [5.74, 6) is 0.452. The monoisotopic (exact) mass is 214 g/mol. The molecule has 1 unspecified atom stereocenters. The number of aliphatic hydroxyl groups excluding tert-OH is 1. The average Bonchev–Trinajstić information content (AvgIpc) is 2.53. The largest absolute Gasteiger partial charge is 0.392 e. The Morgan fingerprint density at radius 2 is 1.88 bits per heavy atom. The van der Waals surface area contributed by atoms with Crippen LogP contribution in [0.5, 0.6) is 0 Å². The maximum atomic E-state index is 9.38. The predicted octanol–water partition coefficient (Wildman–Crippen LogP) is 3.55. The van der Waals surface area contributed by atoms with E-state index >= 15 is 0 Å². The van der Waals surface area contributed by atoms with Crippen molar-refractivity contribution in [1.29, 1.82) is 0 Å². The fourth-order valence-electron chi connectivity index (χ4n) is 2.51. The summed E-state index contributed by atoms with van der Waals surface area (Å²) in [5.41, 5.74) is 6.29. The molecule has 1 aliphatic carbocycles. The van der Waals surface area contributed by atoms with Crippen LogP contribution in [0, 0.1) is 5.92 Å². The Morgan fingerprint density at radius 3 is 2.44 bits per heavy atom. The molecule has 2 rings (SSSR count). The second-order valence-electron chi connectivity index (χ2n) is 4.49. The first-order valence-electron chi connectivity index (χ1n) is 5.74. The molecule has 0 aromatic heterocycles. The van der Waals surface area contributed by atoms with Gasteiger partial charge in [-0.25, -0.2) is 0 Å². The molecule has 1 aromatic carbocycles. The van der Waals surface area contributed by atoms with E-state index in [1.165, 1.54) is 22.3 Å². The highest BCUT2D eigenvalue weighted by molar-refractivity contribution is 5.79. The van der Waals surface area contributed by atoms with E-state index < -0.39 is 0 Å². The minimum atomic E-state index is 0.110. The van der Waals surface area contributed by atoms with E-state index in [4.69, 9.17) is 0 Å². The Morgan fingerprint density at radius 1 is 1.19 bits per heavy atom. The molecule has 1 aromatic rings. The van der Waals surface area contributed by atoms with Crippen molar-refractivity contribution in [2.75, 3.05) is 0 Å². The van der Waals surface area contributed by atoms with E-state index in [0.717, 1.165) is 5.56 Å². The molecule has 0 saturated carbocycles. The predicted molar refractivity (Wildman–Crippen MR) is 67.9 cm³/mol. The van der Waals surface area contributed by atoms with Gasteiger partial charge in [0.25, 0.3) is 0 Å². The Bertz CT molecular complexity index is 466. The first kappa shape index (κ1) is 11.2. The number of benzene rings is 1. The van der Waals surface area contributed by atoms with Gasteiger partial charge in [-0.1, -0.05) is 42.8 Å². The lowest BCUT2D eigenvalue weighted by Crippen LogP contribution is -1.98. The number of hydrogen-bond acceptors (Lipinski definition) is 1. The zero-order chi connectivity index (χ0) is 11.7. The van der Waals surface area contributed by atoms with Gasteiger partial charge in [-0.05, 0) is 36.1 Å². The summed E-state index contributed by atoms with van der Waals surface area (Å²) in [6.07, 6.45) is 2.29. The average molecular weight is 214 g/mol. The van der Waals surface area contributed by atoms with E-state index in [1.807, 2.05) is 18.2 Å². The molecule has 1 aliphatic rings. The molecule has 0 radical (unpaired) electrons. The summed E-state index contributed by atoms with van der Waals surface area (Å²) in [7, 11) is 0. The third-order valence-corrected chi connectivity index (χ3v) is 3.43. The van der Waals surface area contributed by atoms with Crippen molar-refractivity contribution in [1.82, 2.24) is 0 Å². The number of aliphatic hydroxyl groups is 1. The summed E-state index contributed by atoms with van der Waals surface area (Å²) in [6.45, 7) is 6.64. The molecule has 1 heteroatoms. The lowest BCUT2D eigenvalue weighted by molar-refractivity contribution is 0.281. The van der Waals surface area contributed by atoms with Gasteiger partial charge < -0.3 is 5.11 Å². The molecule has 0 aliphatic heterocycles. The summed E-state index contributed by atoms with van der Waals surface area (Å²) >= 11 is 0. The van der Waals surface area contributed by atoms with Crippen LogP contribution >= 0.6 is 0 Å². The van der Waals surface area contributed by atoms with Crippen LogP contribution in [0.1, 0.15) is 31.9 Å². The Kier molecular flexibility index (Phi) is 2.97. The first-order valence-corrected chi connectivity index (χ1v) is 5.74. The van der Waals surface area contributed by atoms with Gasteiger partial charge in [0.1, 0.15) is 0 Å². The van der Waals surface area contributed by atoms with Crippen LogP contribution in [0.25, 0.3) is 5.57 Å². The Hall–Kier alpha value is -1.34. The SMILES string of the molecule is CC1=CC(C)C(c2ccccc2CO)=C1C. The van der Waals surface area contributed by atoms with Gasteiger partial charge in [0.15, 0.2) is 0 Å². The van der Waals surface area contributed by atoms with E-state index in [-0.39, 0.29) is 6.61 Å². The zero-order valence-electron chi connectivity index (χ0n) is 10.1. The second kappa shape index (κ2) is 4.26. The first-order chi connectivity index (χ1) is 7.65. The standard InChI is InChI=1S/C15H18O/c1-10-8-11(2)15(12(10)3)14-7-5-4-6-13(14)9-16/h4-8,11,16H,9H2,1-3H3. The smallest absolute Gasteiger partial charge is 0.0687 e. The fraction of sp³-hybridized carbons (Fsp3) is 0.333. The van der Waals surface area contributed by atoms with Crippen LogP contribution in [0.4, 0.5) is 0 Å². The lowest BCUT2D eigenvalue weighted by Gasteiger charge is -2.14. The van der Waals surface area contributed by atoms with Crippen LogP contribution in [-0.4, -0.2) is 5.11 Å². The minimum absolute atomic E-state index is 0.110. The highest BCUT2D eigenvalue weighted by Gasteiger charge is 2.20. The maximum Gasteiger partial charge on any atom is 0.0687 e. The van der Waals surface area contributed by atoms with Crippen molar-refractivity contribution >= 4 is 5.57 Å². The van der Waals surface area contributed by atoms with Gasteiger partial charge in [-0.3, -0.25) is 0 Å². The van der Waals surface area contributed by atoms with E-state index in [1.54, 1.807) is 0 Å². The highest BCUT2D eigenvalue weighted by Crippen LogP contribution is 2.38. The number of rotatable bonds is 2. The molecule has 0 fully saturated rings. The molecule has 16 heavy (non-hydrogen) atoms. The van der Waals surface area contributed by atoms with Crippen molar-refractivity contribution in [2.45, 2.75) is 27.4 Å². The molecule has 0 bridgehead atoms. The Labute approximate surface area is 97.1 Å². The van der Waals surface area contributed by atoms with Crippen molar-refractivity contribution in [3.63, 3.8) is 0 Å². The molecule has 1 nitrogen and oxygen atoms in total. The normalized spacial score (nSPS) is 20.2. The molecule has 0 saturated heterocycles. The lowest BCUT2D eigenvalue weighted by atomic mass is 9.91. The van der Waals surface area contributed by atoms with Gasteiger partial charge in [-0.15, -0.1) is 0 Å². The summed E-state index contributed by atoms with van der Waals surface area (Å²) in [4.78, 5) is 0. The van der Waals surface area contributed by atoms with Crippen molar-refractivity contribution in [3.8, 4) is 0 Å². The van der Waals surface area contributed by atoms with Crippen LogP contribution in [0.2, 0.25) is 0 Å². The molecule has 0 spiro atoms. The van der Waals surface area contributed by atoms with Gasteiger partial charge in [-0.2, -0.15) is 0 Å². The van der Waals surface area contributed by atoms with Gasteiger partial charge in [0.2, 0.25) is 0 Å². The molecule has 1 atom stereocenters. The quantitative estimate of drug-likeness (QED) is 0.798. The maximum absolute atomic E-state index is 9.38. The van der Waals surface area contributed by atoms with Crippen LogP contribution < -0.4 is 0 Å². The number of allylic oxidation sites excluding steroid dienone is 4. The van der Waals surface area contributed by atoms with Gasteiger partial charge in [0.05, 0.1) is 6.61 Å². The fourth-order valence-corrected chi connectivity index (χ4v) is 2.51. The summed E-state index contributed by atoms with van der Waals surface area (Å²) in [6, 6.07) is 8.11. The van der Waals surface area contributed by atoms with Crippen molar-refractivity contribution in [3.05, 3.63) is 52.6 Å². The van der Waals surface area contributed by atoms with Crippen LogP contribution in [0.15, 0.2) is 41.5 Å². The second-order valence-corrected chi connectivity index (χ2v) is 4.49. The van der Waals surface area contributed by atoms with Gasteiger partial charge >= 0.3 is 0 Å². The third kappa shape index (κ3) is 1.72. The van der Waals surface area contributed by atoms with E-state index in [2.05, 4.69) is 32.9 Å². The molecule has 0 amide bonds. The third-order valence-electron chi connectivity index (χ3n) is 3.43. The molecule has 0 heterocycles. The zero-order valence-corrected chi connectivity index (χ0v) is 10.1. The van der Waals surface area contributed by atoms with E-state index in [0.29, 0.717) is 5.92 Å². The van der Waals surface area contributed by atoms with Crippen molar-refractivity contribution < 1.29 is 5.11 Å². The molecular weight excluding hydrogens is 196 g/mol. The van der Waals surface area contributed by atoms with Gasteiger partial charge in [0, 0.05) is 5.92 Å². The topological polar surface area (TPSA) is 20.2 Å². The molecule has 1 N–H and O–H groups in total. The van der Waals surface area contributed by atoms with Crippen LogP contribution in [-0.2, 0) is 6.61 Å².